The molecule has 5 rings (SSSR count). The Bertz CT molecular complexity index is 1650. The van der Waals surface area contributed by atoms with Crippen molar-refractivity contribution in [1.82, 2.24) is 9.80 Å². The number of hydrogen-bond donors (Lipinski definition) is 0. The Hall–Kier alpha value is -5.10. The largest absolute Gasteiger partial charge is 0.493 e. The highest BCUT2D eigenvalue weighted by molar-refractivity contribution is 8.18. The Morgan fingerprint density at radius 2 is 1.80 bits per heavy atom. The number of ether oxygens (including phenoxy) is 2. The smallest absolute Gasteiger partial charge is 0.294 e. The maximum atomic E-state index is 13.3. The van der Waals surface area contributed by atoms with E-state index in [1.165, 1.54) is 19.2 Å². The van der Waals surface area contributed by atoms with Crippen LogP contribution in [0.25, 0.3) is 6.08 Å². The van der Waals surface area contributed by atoms with Crippen molar-refractivity contribution in [1.29, 1.82) is 0 Å². The van der Waals surface area contributed by atoms with Crippen molar-refractivity contribution in [2.75, 3.05) is 44.7 Å². The molecule has 45 heavy (non-hydrogen) atoms. The number of benzene rings is 3. The molecule has 0 aromatic heterocycles. The van der Waals surface area contributed by atoms with E-state index in [9.17, 15) is 24.5 Å². The molecule has 0 unspecified atom stereocenters. The molecule has 3 aromatic carbocycles. The molecule has 3 aromatic rings. The molecule has 0 atom stereocenters. The van der Waals surface area contributed by atoms with Crippen LogP contribution < -0.4 is 14.4 Å². The van der Waals surface area contributed by atoms with Crippen LogP contribution in [0.2, 0.25) is 0 Å². The first kappa shape index (κ1) is 31.3. The number of hydrogen-bond acceptors (Lipinski definition) is 9. The van der Waals surface area contributed by atoms with Gasteiger partial charge in [-0.15, -0.1) is 6.58 Å². The zero-order valence-corrected chi connectivity index (χ0v) is 25.5. The minimum Gasteiger partial charge on any atom is -0.493 e. The van der Waals surface area contributed by atoms with Gasteiger partial charge in [0.05, 0.1) is 16.9 Å². The van der Waals surface area contributed by atoms with E-state index in [-0.39, 0.29) is 29.7 Å². The van der Waals surface area contributed by atoms with Gasteiger partial charge in [0.1, 0.15) is 13.2 Å². The van der Waals surface area contributed by atoms with Gasteiger partial charge in [-0.05, 0) is 59.7 Å². The maximum Gasteiger partial charge on any atom is 0.294 e. The van der Waals surface area contributed by atoms with E-state index in [0.29, 0.717) is 60.8 Å². The first-order valence-corrected chi connectivity index (χ1v) is 15.1. The number of amides is 3. The van der Waals surface area contributed by atoms with Crippen LogP contribution in [-0.4, -0.2) is 71.6 Å². The van der Waals surface area contributed by atoms with Crippen LogP contribution >= 0.6 is 11.8 Å². The standard InChI is InChI=1S/C33H32N4O7S/c1-3-8-25-17-24(19-28(43-2)31(25)44-22-23-9-7-12-27(18-23)37(41)42)20-29-32(39)36(33(40)45-29)21-30(38)35-15-13-34(14-16-35)26-10-5-4-6-11-26/h3-7,9-12,17-20H,1,8,13-16,21-22H2,2H3/b29-20+. The topological polar surface area (TPSA) is 123 Å². The SMILES string of the molecule is C=CCc1cc(/C=C2/SC(=O)N(CC(=O)N3CCN(c4ccccc4)CC3)C2=O)cc(OC)c1OCc1cccc([N+](=O)[O-])c1. The van der Waals surface area contributed by atoms with Gasteiger partial charge < -0.3 is 19.3 Å². The number of para-hydroxylation sites is 1. The average Bonchev–Trinajstić information content (AvgIpc) is 3.31. The van der Waals surface area contributed by atoms with Gasteiger partial charge in [0, 0.05) is 49.6 Å². The molecule has 12 heteroatoms. The first-order valence-electron chi connectivity index (χ1n) is 14.3. The summed E-state index contributed by atoms with van der Waals surface area (Å²) in [6, 6.07) is 19.6. The number of nitrogens with zero attached hydrogens (tertiary/aromatic N) is 4. The summed E-state index contributed by atoms with van der Waals surface area (Å²) in [6.45, 7) is 5.90. The van der Waals surface area contributed by atoms with Crippen molar-refractivity contribution >= 4 is 46.3 Å². The molecule has 0 saturated carbocycles. The number of carbonyl (C=O) groups excluding carboxylic acids is 3. The summed E-state index contributed by atoms with van der Waals surface area (Å²) < 4.78 is 11.6. The Morgan fingerprint density at radius 3 is 2.49 bits per heavy atom. The van der Waals surface area contributed by atoms with E-state index in [1.54, 1.807) is 41.3 Å². The second-order valence-corrected chi connectivity index (χ2v) is 11.4. The molecule has 0 bridgehead atoms. The Labute approximate surface area is 264 Å². The highest BCUT2D eigenvalue weighted by Crippen LogP contribution is 2.37. The summed E-state index contributed by atoms with van der Waals surface area (Å²) in [4.78, 5) is 54.9. The fourth-order valence-electron chi connectivity index (χ4n) is 5.18. The van der Waals surface area contributed by atoms with Gasteiger partial charge in [-0.2, -0.15) is 0 Å². The minimum atomic E-state index is -0.531. The number of nitro benzene ring substituents is 1. The van der Waals surface area contributed by atoms with E-state index >= 15 is 0 Å². The summed E-state index contributed by atoms with van der Waals surface area (Å²) >= 11 is 0.783. The van der Waals surface area contributed by atoms with Crippen LogP contribution in [0.5, 0.6) is 11.5 Å². The summed E-state index contributed by atoms with van der Waals surface area (Å²) in [6.07, 6.45) is 3.70. The fourth-order valence-corrected chi connectivity index (χ4v) is 6.02. The predicted octanol–water partition coefficient (Wildman–Crippen LogP) is 5.30. The Balaban J connectivity index is 1.27. The summed E-state index contributed by atoms with van der Waals surface area (Å²) in [7, 11) is 1.48. The van der Waals surface area contributed by atoms with Gasteiger partial charge in [0.25, 0.3) is 16.8 Å². The van der Waals surface area contributed by atoms with Crippen molar-refractivity contribution in [3.05, 3.63) is 111 Å². The third kappa shape index (κ3) is 7.35. The number of thioether (sulfide) groups is 1. The number of imide groups is 1. The molecule has 2 fully saturated rings. The van der Waals surface area contributed by atoms with E-state index in [2.05, 4.69) is 11.5 Å². The summed E-state index contributed by atoms with van der Waals surface area (Å²) in [5, 5.41) is 10.6. The molecule has 3 amide bonds. The number of non-ortho nitro benzene ring substituents is 1. The monoisotopic (exact) mass is 628 g/mol. The molecule has 2 aliphatic heterocycles. The lowest BCUT2D eigenvalue weighted by molar-refractivity contribution is -0.384. The van der Waals surface area contributed by atoms with Gasteiger partial charge >= 0.3 is 0 Å². The highest BCUT2D eigenvalue weighted by Gasteiger charge is 2.37. The van der Waals surface area contributed by atoms with Crippen LogP contribution in [0.15, 0.2) is 84.3 Å². The van der Waals surface area contributed by atoms with Gasteiger partial charge in [0.15, 0.2) is 11.5 Å². The highest BCUT2D eigenvalue weighted by atomic mass is 32.2. The lowest BCUT2D eigenvalue weighted by Gasteiger charge is -2.36. The molecular weight excluding hydrogens is 596 g/mol. The number of allylic oxidation sites excluding steroid dienone is 1. The Kier molecular flexibility index (Phi) is 9.83. The van der Waals surface area contributed by atoms with Gasteiger partial charge in [-0.1, -0.05) is 36.4 Å². The van der Waals surface area contributed by atoms with Crippen molar-refractivity contribution in [3.63, 3.8) is 0 Å². The zero-order chi connectivity index (χ0) is 31.9. The number of nitro groups is 1. The number of methoxy groups -OCH3 is 1. The van der Waals surface area contributed by atoms with Crippen molar-refractivity contribution in [2.24, 2.45) is 0 Å². The lowest BCUT2D eigenvalue weighted by atomic mass is 10.0. The molecule has 11 nitrogen and oxygen atoms in total. The molecule has 2 heterocycles. The summed E-state index contributed by atoms with van der Waals surface area (Å²) in [5.41, 5.74) is 2.98. The van der Waals surface area contributed by atoms with Gasteiger partial charge in [-0.25, -0.2) is 0 Å². The zero-order valence-electron chi connectivity index (χ0n) is 24.7. The lowest BCUT2D eigenvalue weighted by Crippen LogP contribution is -2.51. The van der Waals surface area contributed by atoms with E-state index in [4.69, 9.17) is 9.47 Å². The molecule has 2 saturated heterocycles. The molecule has 0 radical (unpaired) electrons. The van der Waals surface area contributed by atoms with Gasteiger partial charge in [0.2, 0.25) is 5.91 Å². The normalized spacial score (nSPS) is 15.8. The number of anilines is 1. The summed E-state index contributed by atoms with van der Waals surface area (Å²) in [5.74, 6) is 0.0187. The second-order valence-electron chi connectivity index (χ2n) is 10.4. The van der Waals surface area contributed by atoms with Crippen LogP contribution in [0.1, 0.15) is 16.7 Å². The quantitative estimate of drug-likeness (QED) is 0.121. The number of rotatable bonds is 11. The third-order valence-corrected chi connectivity index (χ3v) is 8.37. The van der Waals surface area contributed by atoms with E-state index in [1.807, 2.05) is 30.3 Å². The molecule has 232 valence electrons. The number of carbonyl (C=O) groups is 3. The van der Waals surface area contributed by atoms with Crippen LogP contribution in [0.4, 0.5) is 16.2 Å². The van der Waals surface area contributed by atoms with Crippen molar-refractivity contribution in [3.8, 4) is 11.5 Å². The predicted molar refractivity (Wildman–Crippen MR) is 172 cm³/mol. The van der Waals surface area contributed by atoms with Gasteiger partial charge in [-0.3, -0.25) is 29.4 Å². The molecular formula is C33H32N4O7S. The second kappa shape index (κ2) is 14.1. The number of piperazine rings is 1. The molecule has 0 N–H and O–H groups in total. The molecule has 0 aliphatic carbocycles. The maximum absolute atomic E-state index is 13.3. The van der Waals surface area contributed by atoms with Crippen LogP contribution in [0.3, 0.4) is 0 Å². The van der Waals surface area contributed by atoms with Crippen LogP contribution in [-0.2, 0) is 22.6 Å². The molecule has 2 aliphatic rings. The van der Waals surface area contributed by atoms with Crippen molar-refractivity contribution < 1.29 is 28.8 Å². The third-order valence-electron chi connectivity index (χ3n) is 7.46. The average molecular weight is 629 g/mol. The molecule has 0 spiro atoms. The Morgan fingerprint density at radius 1 is 1.04 bits per heavy atom. The van der Waals surface area contributed by atoms with E-state index < -0.39 is 16.1 Å². The van der Waals surface area contributed by atoms with Crippen LogP contribution in [0, 0.1) is 10.1 Å². The minimum absolute atomic E-state index is 0.0361. The van der Waals surface area contributed by atoms with E-state index in [0.717, 1.165) is 22.3 Å². The first-order chi connectivity index (χ1) is 21.8. The van der Waals surface area contributed by atoms with Crippen molar-refractivity contribution in [2.45, 2.75) is 13.0 Å². The fraction of sp³-hybridized carbons (Fsp3) is 0.242.